The van der Waals surface area contributed by atoms with Crippen molar-refractivity contribution in [3.8, 4) is 11.3 Å². The third-order valence-corrected chi connectivity index (χ3v) is 5.69. The number of aromatic nitrogens is 2. The van der Waals surface area contributed by atoms with Crippen molar-refractivity contribution in [1.82, 2.24) is 14.7 Å². The molecule has 2 heterocycles. The fourth-order valence-corrected chi connectivity index (χ4v) is 3.89. The van der Waals surface area contributed by atoms with Crippen molar-refractivity contribution in [2.75, 3.05) is 13.1 Å². The van der Waals surface area contributed by atoms with Gasteiger partial charge in [0.2, 0.25) is 5.91 Å². The molecular formula is C24H26N4O2. The second-order valence-electron chi connectivity index (χ2n) is 7.91. The van der Waals surface area contributed by atoms with Gasteiger partial charge in [0.05, 0.1) is 12.1 Å². The number of benzene rings is 2. The summed E-state index contributed by atoms with van der Waals surface area (Å²) in [6.07, 6.45) is 3.06. The van der Waals surface area contributed by atoms with Crippen LogP contribution in [-0.4, -0.2) is 39.6 Å². The molecule has 2 amide bonds. The van der Waals surface area contributed by atoms with Gasteiger partial charge in [-0.2, -0.15) is 5.10 Å². The maximum Gasteiger partial charge on any atom is 0.257 e. The van der Waals surface area contributed by atoms with E-state index < -0.39 is 0 Å². The SMILES string of the molecule is Cc1ccc(-c2nn(Cc3ccccc3)cc2C(=O)N2CCC(C(N)=O)CC2)cc1. The highest BCUT2D eigenvalue weighted by Gasteiger charge is 2.29. The molecule has 0 unspecified atom stereocenters. The molecule has 2 N–H and O–H groups in total. The number of likely N-dealkylation sites (tertiary alicyclic amines) is 1. The maximum absolute atomic E-state index is 13.4. The number of amides is 2. The summed E-state index contributed by atoms with van der Waals surface area (Å²) < 4.78 is 1.83. The van der Waals surface area contributed by atoms with Crippen LogP contribution in [0, 0.1) is 12.8 Å². The van der Waals surface area contributed by atoms with Crippen LogP contribution >= 0.6 is 0 Å². The molecule has 0 aliphatic carbocycles. The number of carbonyl (C=O) groups excluding carboxylic acids is 2. The number of hydrogen-bond donors (Lipinski definition) is 1. The number of aryl methyl sites for hydroxylation is 1. The largest absolute Gasteiger partial charge is 0.369 e. The number of carbonyl (C=O) groups is 2. The first-order valence-electron chi connectivity index (χ1n) is 10.3. The number of primary amides is 1. The molecule has 0 spiro atoms. The molecule has 0 saturated carbocycles. The summed E-state index contributed by atoms with van der Waals surface area (Å²) in [5, 5.41) is 4.76. The van der Waals surface area contributed by atoms with E-state index in [1.807, 2.05) is 72.4 Å². The van der Waals surface area contributed by atoms with E-state index in [1.165, 1.54) is 0 Å². The number of nitrogens with two attached hydrogens (primary N) is 1. The van der Waals surface area contributed by atoms with Crippen molar-refractivity contribution >= 4 is 11.8 Å². The second kappa shape index (κ2) is 8.53. The summed E-state index contributed by atoms with van der Waals surface area (Å²) in [4.78, 5) is 26.6. The summed E-state index contributed by atoms with van der Waals surface area (Å²) in [5.74, 6) is -0.475. The van der Waals surface area contributed by atoms with Gasteiger partial charge in [-0.05, 0) is 25.3 Å². The molecule has 1 aromatic heterocycles. The van der Waals surface area contributed by atoms with Crippen LogP contribution in [0.1, 0.15) is 34.3 Å². The Labute approximate surface area is 176 Å². The lowest BCUT2D eigenvalue weighted by atomic mass is 9.95. The van der Waals surface area contributed by atoms with Gasteiger partial charge < -0.3 is 10.6 Å². The van der Waals surface area contributed by atoms with Gasteiger partial charge in [0, 0.05) is 30.8 Å². The Morgan fingerprint density at radius 1 is 1.03 bits per heavy atom. The van der Waals surface area contributed by atoms with Gasteiger partial charge in [-0.15, -0.1) is 0 Å². The molecule has 6 heteroatoms. The molecule has 0 bridgehead atoms. The Bertz CT molecular complexity index is 1030. The van der Waals surface area contributed by atoms with Crippen molar-refractivity contribution in [3.05, 3.63) is 77.5 Å². The fraction of sp³-hybridized carbons (Fsp3) is 0.292. The van der Waals surface area contributed by atoms with Crippen LogP contribution in [-0.2, 0) is 11.3 Å². The first-order chi connectivity index (χ1) is 14.5. The monoisotopic (exact) mass is 402 g/mol. The quantitative estimate of drug-likeness (QED) is 0.711. The Morgan fingerprint density at radius 2 is 1.70 bits per heavy atom. The van der Waals surface area contributed by atoms with E-state index >= 15 is 0 Å². The van der Waals surface area contributed by atoms with Crippen LogP contribution in [0.3, 0.4) is 0 Å². The van der Waals surface area contributed by atoms with Crippen LogP contribution in [0.4, 0.5) is 0 Å². The fourth-order valence-electron chi connectivity index (χ4n) is 3.89. The molecule has 3 aromatic rings. The second-order valence-corrected chi connectivity index (χ2v) is 7.91. The molecule has 30 heavy (non-hydrogen) atoms. The minimum absolute atomic E-state index is 0.0483. The highest BCUT2D eigenvalue weighted by atomic mass is 16.2. The summed E-state index contributed by atoms with van der Waals surface area (Å²) in [6, 6.07) is 18.1. The smallest absolute Gasteiger partial charge is 0.257 e. The number of nitrogens with zero attached hydrogens (tertiary/aromatic N) is 3. The Morgan fingerprint density at radius 3 is 2.33 bits per heavy atom. The molecule has 0 radical (unpaired) electrons. The van der Waals surface area contributed by atoms with Crippen molar-refractivity contribution in [2.24, 2.45) is 11.7 Å². The summed E-state index contributed by atoms with van der Waals surface area (Å²) in [7, 11) is 0. The molecule has 1 fully saturated rings. The Hall–Kier alpha value is -3.41. The topological polar surface area (TPSA) is 81.2 Å². The van der Waals surface area contributed by atoms with Gasteiger partial charge in [0.1, 0.15) is 5.69 Å². The van der Waals surface area contributed by atoms with Crippen molar-refractivity contribution in [2.45, 2.75) is 26.3 Å². The minimum Gasteiger partial charge on any atom is -0.369 e. The van der Waals surface area contributed by atoms with Gasteiger partial charge >= 0.3 is 0 Å². The van der Waals surface area contributed by atoms with Crippen LogP contribution in [0.25, 0.3) is 11.3 Å². The first-order valence-corrected chi connectivity index (χ1v) is 10.3. The van der Waals surface area contributed by atoms with E-state index in [0.717, 1.165) is 16.7 Å². The maximum atomic E-state index is 13.4. The van der Waals surface area contributed by atoms with E-state index in [-0.39, 0.29) is 17.7 Å². The lowest BCUT2D eigenvalue weighted by molar-refractivity contribution is -0.123. The zero-order valence-corrected chi connectivity index (χ0v) is 17.1. The molecule has 1 aliphatic rings. The van der Waals surface area contributed by atoms with Gasteiger partial charge in [-0.1, -0.05) is 60.2 Å². The van der Waals surface area contributed by atoms with E-state index in [0.29, 0.717) is 43.7 Å². The lowest BCUT2D eigenvalue weighted by Gasteiger charge is -2.30. The molecule has 154 valence electrons. The lowest BCUT2D eigenvalue weighted by Crippen LogP contribution is -2.41. The van der Waals surface area contributed by atoms with Crippen LogP contribution in [0.2, 0.25) is 0 Å². The first kappa shape index (κ1) is 19.9. The molecule has 4 rings (SSSR count). The zero-order valence-electron chi connectivity index (χ0n) is 17.1. The number of hydrogen-bond acceptors (Lipinski definition) is 3. The van der Waals surface area contributed by atoms with Crippen molar-refractivity contribution < 1.29 is 9.59 Å². The molecular weight excluding hydrogens is 376 g/mol. The predicted molar refractivity (Wildman–Crippen MR) is 116 cm³/mol. The van der Waals surface area contributed by atoms with Gasteiger partial charge in [0.25, 0.3) is 5.91 Å². The van der Waals surface area contributed by atoms with Crippen LogP contribution in [0.5, 0.6) is 0 Å². The van der Waals surface area contributed by atoms with Crippen molar-refractivity contribution in [3.63, 3.8) is 0 Å². The van der Waals surface area contributed by atoms with Crippen LogP contribution < -0.4 is 5.73 Å². The van der Waals surface area contributed by atoms with E-state index in [2.05, 4.69) is 0 Å². The average molecular weight is 402 g/mol. The number of rotatable bonds is 5. The molecule has 2 aromatic carbocycles. The Kier molecular flexibility index (Phi) is 5.65. The Balaban J connectivity index is 1.64. The third-order valence-electron chi connectivity index (χ3n) is 5.69. The summed E-state index contributed by atoms with van der Waals surface area (Å²) in [6.45, 7) is 3.69. The van der Waals surface area contributed by atoms with Gasteiger partial charge in [-0.25, -0.2) is 0 Å². The van der Waals surface area contributed by atoms with E-state index in [1.54, 1.807) is 4.90 Å². The van der Waals surface area contributed by atoms with Gasteiger partial charge in [-0.3, -0.25) is 14.3 Å². The molecule has 1 saturated heterocycles. The highest BCUT2D eigenvalue weighted by molar-refractivity contribution is 6.00. The zero-order chi connectivity index (χ0) is 21.1. The number of piperidine rings is 1. The third kappa shape index (κ3) is 4.27. The molecule has 6 nitrogen and oxygen atoms in total. The van der Waals surface area contributed by atoms with Crippen LogP contribution in [0.15, 0.2) is 60.8 Å². The normalized spacial score (nSPS) is 14.6. The average Bonchev–Trinajstić information content (AvgIpc) is 3.18. The molecule has 0 atom stereocenters. The highest BCUT2D eigenvalue weighted by Crippen LogP contribution is 2.26. The van der Waals surface area contributed by atoms with Gasteiger partial charge in [0.15, 0.2) is 0 Å². The van der Waals surface area contributed by atoms with E-state index in [4.69, 9.17) is 10.8 Å². The summed E-state index contributed by atoms with van der Waals surface area (Å²) >= 11 is 0. The van der Waals surface area contributed by atoms with Crippen molar-refractivity contribution in [1.29, 1.82) is 0 Å². The molecule has 1 aliphatic heterocycles. The standard InChI is InChI=1S/C24H26N4O2/c1-17-7-9-19(10-8-17)22-21(16-28(26-22)15-18-5-3-2-4-6-18)24(30)27-13-11-20(12-14-27)23(25)29/h2-10,16,20H,11-15H2,1H3,(H2,25,29). The van der Waals surface area contributed by atoms with E-state index in [9.17, 15) is 9.59 Å². The minimum atomic E-state index is -0.280. The predicted octanol–water partition coefficient (Wildman–Crippen LogP) is 3.24. The summed E-state index contributed by atoms with van der Waals surface area (Å²) in [5.41, 5.74) is 9.91.